The van der Waals surface area contributed by atoms with Crippen LogP contribution in [0, 0.1) is 0 Å². The zero-order chi connectivity index (χ0) is 27.0. The highest BCUT2D eigenvalue weighted by atomic mass is 16.5. The SMILES string of the molecule is [2H]C([2H])([2H])N(C)CCN(C)c1cc(OC)c(Cc2nccc(N3CC(C)(C)c4ccccc43)n2)cc1N. The number of methoxy groups -OCH3 is 1. The number of anilines is 4. The molecule has 0 saturated carbocycles. The van der Waals surface area contributed by atoms with E-state index in [4.69, 9.17) is 19.6 Å². The number of hydrogen-bond donors (Lipinski definition) is 1. The molecule has 0 radical (unpaired) electrons. The molecule has 0 bridgehead atoms. The summed E-state index contributed by atoms with van der Waals surface area (Å²) in [6, 6.07) is 14.2. The molecule has 1 aromatic heterocycles. The zero-order valence-corrected chi connectivity index (χ0v) is 20.7. The van der Waals surface area contributed by atoms with E-state index in [0.29, 0.717) is 36.8 Å². The minimum Gasteiger partial charge on any atom is -0.496 e. The van der Waals surface area contributed by atoms with Gasteiger partial charge in [-0.15, -0.1) is 0 Å². The number of para-hydroxylation sites is 1. The molecular formula is C27H36N6O. The molecule has 3 aromatic rings. The monoisotopic (exact) mass is 463 g/mol. The smallest absolute Gasteiger partial charge is 0.136 e. The van der Waals surface area contributed by atoms with E-state index in [9.17, 15) is 0 Å². The Morgan fingerprint density at radius 2 is 1.97 bits per heavy atom. The van der Waals surface area contributed by atoms with E-state index in [1.54, 1.807) is 20.4 Å². The standard InChI is InChI=1S/C27H36N6O/c1-27(2)18-33(22-10-8-7-9-20(22)27)26-11-12-29-25(30-26)16-19-15-21(28)23(17-24(19)34-6)32(5)14-13-31(3)4/h7-12,15,17H,13-14,16,18,28H2,1-6H3/i3D3. The first-order chi connectivity index (χ1) is 17.4. The van der Waals surface area contributed by atoms with Crippen molar-refractivity contribution in [3.8, 4) is 5.75 Å². The summed E-state index contributed by atoms with van der Waals surface area (Å²) in [5.41, 5.74) is 11.2. The molecule has 7 nitrogen and oxygen atoms in total. The summed E-state index contributed by atoms with van der Waals surface area (Å²) in [4.78, 5) is 15.0. The van der Waals surface area contributed by atoms with Crippen LogP contribution in [0.15, 0.2) is 48.7 Å². The van der Waals surface area contributed by atoms with E-state index >= 15 is 0 Å². The van der Waals surface area contributed by atoms with Crippen LogP contribution in [0.3, 0.4) is 0 Å². The quantitative estimate of drug-likeness (QED) is 0.505. The van der Waals surface area contributed by atoms with Crippen molar-refractivity contribution in [1.29, 1.82) is 0 Å². The predicted octanol–water partition coefficient (Wildman–Crippen LogP) is 4.09. The predicted molar refractivity (Wildman–Crippen MR) is 141 cm³/mol. The van der Waals surface area contributed by atoms with Gasteiger partial charge in [-0.3, -0.25) is 0 Å². The lowest BCUT2D eigenvalue weighted by atomic mass is 9.87. The lowest BCUT2D eigenvalue weighted by Gasteiger charge is -2.24. The Morgan fingerprint density at radius 3 is 2.74 bits per heavy atom. The van der Waals surface area contributed by atoms with Crippen molar-refractivity contribution in [1.82, 2.24) is 14.9 Å². The van der Waals surface area contributed by atoms with Gasteiger partial charge in [0.2, 0.25) is 0 Å². The Bertz CT molecular complexity index is 1260. The molecule has 0 atom stereocenters. The highest BCUT2D eigenvalue weighted by molar-refractivity contribution is 5.72. The highest BCUT2D eigenvalue weighted by Gasteiger charge is 2.36. The fourth-order valence-electron chi connectivity index (χ4n) is 4.56. The summed E-state index contributed by atoms with van der Waals surface area (Å²) in [5, 5.41) is 0. The van der Waals surface area contributed by atoms with Crippen molar-refractivity contribution in [2.24, 2.45) is 0 Å². The number of nitrogen functional groups attached to an aromatic ring is 1. The largest absolute Gasteiger partial charge is 0.496 e. The number of nitrogens with zero attached hydrogens (tertiary/aromatic N) is 5. The average molecular weight is 464 g/mol. The molecule has 4 rings (SSSR count). The topological polar surface area (TPSA) is 70.8 Å². The normalized spacial score (nSPS) is 16.1. The molecule has 0 spiro atoms. The van der Waals surface area contributed by atoms with Gasteiger partial charge in [0, 0.05) is 66.1 Å². The molecule has 0 saturated heterocycles. The molecule has 2 N–H and O–H groups in total. The summed E-state index contributed by atoms with van der Waals surface area (Å²) in [6.45, 7) is 4.09. The number of aromatic nitrogens is 2. The van der Waals surface area contributed by atoms with Crippen LogP contribution in [0.5, 0.6) is 5.75 Å². The Labute approximate surface area is 207 Å². The van der Waals surface area contributed by atoms with Crippen LogP contribution >= 0.6 is 0 Å². The Kier molecular flexibility index (Phi) is 5.62. The second-order valence-electron chi connectivity index (χ2n) is 9.56. The van der Waals surface area contributed by atoms with Gasteiger partial charge in [0.15, 0.2) is 0 Å². The zero-order valence-electron chi connectivity index (χ0n) is 23.7. The number of fused-ring (bicyclic) bond motifs is 1. The minimum atomic E-state index is -2.13. The fraction of sp³-hybridized carbons (Fsp3) is 0.407. The molecule has 2 heterocycles. The van der Waals surface area contributed by atoms with E-state index in [-0.39, 0.29) is 5.41 Å². The van der Waals surface area contributed by atoms with Crippen molar-refractivity contribution in [2.75, 3.05) is 63.3 Å². The molecule has 0 aliphatic carbocycles. The molecule has 0 fully saturated rings. The Balaban J connectivity index is 1.55. The van der Waals surface area contributed by atoms with Gasteiger partial charge in [-0.1, -0.05) is 32.0 Å². The summed E-state index contributed by atoms with van der Waals surface area (Å²) < 4.78 is 28.3. The summed E-state index contributed by atoms with van der Waals surface area (Å²) in [5.74, 6) is 2.23. The molecule has 0 amide bonds. The first-order valence-corrected chi connectivity index (χ1v) is 11.5. The maximum atomic E-state index is 7.53. The molecular weight excluding hydrogens is 424 g/mol. The second-order valence-corrected chi connectivity index (χ2v) is 9.56. The number of hydrogen-bond acceptors (Lipinski definition) is 7. The molecule has 1 aliphatic heterocycles. The van der Waals surface area contributed by atoms with Gasteiger partial charge in [-0.2, -0.15) is 0 Å². The Morgan fingerprint density at radius 1 is 1.18 bits per heavy atom. The second kappa shape index (κ2) is 9.50. The van der Waals surface area contributed by atoms with Crippen molar-refractivity contribution in [3.63, 3.8) is 0 Å². The van der Waals surface area contributed by atoms with Gasteiger partial charge in [-0.05, 0) is 37.8 Å². The van der Waals surface area contributed by atoms with Crippen LogP contribution in [0.25, 0.3) is 0 Å². The van der Waals surface area contributed by atoms with Crippen LogP contribution in [0.2, 0.25) is 0 Å². The van der Waals surface area contributed by atoms with Crippen LogP contribution in [-0.2, 0) is 11.8 Å². The van der Waals surface area contributed by atoms with Gasteiger partial charge in [0.05, 0.1) is 18.5 Å². The van der Waals surface area contributed by atoms with E-state index in [0.717, 1.165) is 23.6 Å². The maximum absolute atomic E-state index is 7.53. The van der Waals surface area contributed by atoms with Crippen molar-refractivity contribution in [2.45, 2.75) is 25.7 Å². The summed E-state index contributed by atoms with van der Waals surface area (Å²) >= 11 is 0. The molecule has 0 unspecified atom stereocenters. The van der Waals surface area contributed by atoms with Crippen molar-refractivity contribution in [3.05, 3.63) is 65.6 Å². The number of nitrogens with two attached hydrogens (primary N) is 1. The van der Waals surface area contributed by atoms with E-state index in [1.807, 2.05) is 30.1 Å². The third kappa shape index (κ3) is 4.80. The Hall–Kier alpha value is -3.32. The first-order valence-electron chi connectivity index (χ1n) is 13.0. The third-order valence-corrected chi connectivity index (χ3v) is 6.41. The lowest BCUT2D eigenvalue weighted by molar-refractivity contribution is 0.409. The van der Waals surface area contributed by atoms with Crippen LogP contribution in [0.1, 0.15) is 34.9 Å². The third-order valence-electron chi connectivity index (χ3n) is 6.41. The van der Waals surface area contributed by atoms with E-state index < -0.39 is 6.98 Å². The van der Waals surface area contributed by atoms with Crippen LogP contribution in [-0.4, -0.2) is 62.7 Å². The van der Waals surface area contributed by atoms with Gasteiger partial charge in [0.25, 0.3) is 0 Å². The number of rotatable bonds is 8. The lowest BCUT2D eigenvalue weighted by Crippen LogP contribution is -2.29. The molecule has 34 heavy (non-hydrogen) atoms. The van der Waals surface area contributed by atoms with Crippen molar-refractivity contribution < 1.29 is 8.85 Å². The maximum Gasteiger partial charge on any atom is 0.136 e. The van der Waals surface area contributed by atoms with Crippen LogP contribution in [0.4, 0.5) is 22.9 Å². The fourth-order valence-corrected chi connectivity index (χ4v) is 4.56. The van der Waals surface area contributed by atoms with E-state index in [1.165, 1.54) is 16.2 Å². The van der Waals surface area contributed by atoms with Gasteiger partial charge in [-0.25, -0.2) is 9.97 Å². The molecule has 180 valence electrons. The van der Waals surface area contributed by atoms with E-state index in [2.05, 4.69) is 48.0 Å². The summed E-state index contributed by atoms with van der Waals surface area (Å²) in [6.07, 6.45) is 2.26. The first kappa shape index (κ1) is 20.1. The van der Waals surface area contributed by atoms with Crippen molar-refractivity contribution >= 4 is 22.9 Å². The molecule has 2 aromatic carbocycles. The molecule has 7 heteroatoms. The molecule has 1 aliphatic rings. The minimum absolute atomic E-state index is 0.0273. The average Bonchev–Trinajstić information content (AvgIpc) is 3.13. The number of ether oxygens (including phenoxy) is 1. The summed E-state index contributed by atoms with van der Waals surface area (Å²) in [7, 11) is 5.10. The van der Waals surface area contributed by atoms with Crippen LogP contribution < -0.4 is 20.3 Å². The van der Waals surface area contributed by atoms with Gasteiger partial charge < -0.3 is 25.2 Å². The number of benzene rings is 2. The highest BCUT2D eigenvalue weighted by Crippen LogP contribution is 2.43. The van der Waals surface area contributed by atoms with Gasteiger partial charge in [0.1, 0.15) is 17.4 Å². The number of likely N-dealkylation sites (N-methyl/N-ethyl adjacent to an activating group) is 2. The van der Waals surface area contributed by atoms with Gasteiger partial charge >= 0.3 is 0 Å².